The molecule has 0 fully saturated rings. The number of likely N-dealkylation sites (N-methyl/N-ethyl adjacent to an activating group) is 1. The maximum Gasteiger partial charge on any atom is 0.258 e. The Bertz CT molecular complexity index is 977. The van der Waals surface area contributed by atoms with Crippen molar-refractivity contribution < 1.29 is 13.6 Å². The Balaban J connectivity index is 1.73. The molecule has 0 N–H and O–H groups in total. The summed E-state index contributed by atoms with van der Waals surface area (Å²) in [5, 5.41) is 8.79. The molecule has 0 saturated heterocycles. The van der Waals surface area contributed by atoms with Gasteiger partial charge in [-0.3, -0.25) is 4.79 Å². The third kappa shape index (κ3) is 2.76. The van der Waals surface area contributed by atoms with Crippen molar-refractivity contribution in [2.24, 2.45) is 0 Å². The number of rotatable bonds is 3. The van der Waals surface area contributed by atoms with E-state index in [4.69, 9.17) is 4.42 Å². The molecule has 1 unspecified atom stereocenters. The Morgan fingerprint density at radius 1 is 1.38 bits per heavy atom. The van der Waals surface area contributed by atoms with Gasteiger partial charge in [-0.1, -0.05) is 0 Å². The summed E-state index contributed by atoms with van der Waals surface area (Å²) in [4.78, 5) is 17.1. The molecule has 3 heterocycles. The van der Waals surface area contributed by atoms with Gasteiger partial charge in [-0.15, -0.1) is 10.2 Å². The fourth-order valence-corrected chi connectivity index (χ4v) is 3.51. The Kier molecular flexibility index (Phi) is 3.99. The minimum Gasteiger partial charge on any atom is -0.463 e. The fraction of sp³-hybridized carbons (Fsp3) is 0.389. The van der Waals surface area contributed by atoms with E-state index in [-0.39, 0.29) is 11.9 Å². The topological polar surface area (TPSA) is 67.4 Å². The van der Waals surface area contributed by atoms with Gasteiger partial charge >= 0.3 is 0 Å². The molecule has 1 atom stereocenters. The summed E-state index contributed by atoms with van der Waals surface area (Å²) in [5.41, 5.74) is 0.864. The van der Waals surface area contributed by atoms with Crippen LogP contribution in [0.5, 0.6) is 0 Å². The third-order valence-electron chi connectivity index (χ3n) is 4.76. The van der Waals surface area contributed by atoms with Crippen molar-refractivity contribution in [1.29, 1.82) is 0 Å². The number of amides is 1. The maximum absolute atomic E-state index is 13.7. The standard InChI is InChI=1S/C18H20FN5O2/c1-11-20-21-17-9-24(13(7-22(2)3)8-23(11)17)18(25)15-10-26-16-5-4-12(19)6-14(15)16/h4-6,10,13H,7-9H2,1-3H3. The lowest BCUT2D eigenvalue weighted by atomic mass is 10.1. The van der Waals surface area contributed by atoms with Crippen LogP contribution in [0.4, 0.5) is 4.39 Å². The van der Waals surface area contributed by atoms with Crippen molar-refractivity contribution in [3.8, 4) is 0 Å². The molecule has 1 amide bonds. The summed E-state index contributed by atoms with van der Waals surface area (Å²) >= 11 is 0. The zero-order valence-corrected chi connectivity index (χ0v) is 14.9. The lowest BCUT2D eigenvalue weighted by Crippen LogP contribution is -2.50. The van der Waals surface area contributed by atoms with E-state index < -0.39 is 5.82 Å². The Morgan fingerprint density at radius 3 is 2.96 bits per heavy atom. The van der Waals surface area contributed by atoms with E-state index in [2.05, 4.69) is 10.2 Å². The Morgan fingerprint density at radius 2 is 2.19 bits per heavy atom. The first-order valence-electron chi connectivity index (χ1n) is 8.45. The van der Waals surface area contributed by atoms with E-state index in [1.807, 2.05) is 30.5 Å². The van der Waals surface area contributed by atoms with E-state index in [0.29, 0.717) is 36.2 Å². The predicted octanol–water partition coefficient (Wildman–Crippen LogP) is 2.06. The second kappa shape index (κ2) is 6.21. The summed E-state index contributed by atoms with van der Waals surface area (Å²) in [6.07, 6.45) is 1.41. The van der Waals surface area contributed by atoms with Crippen molar-refractivity contribution in [1.82, 2.24) is 24.6 Å². The van der Waals surface area contributed by atoms with Gasteiger partial charge < -0.3 is 18.8 Å². The number of hydrogen-bond donors (Lipinski definition) is 0. The van der Waals surface area contributed by atoms with Crippen LogP contribution in [0, 0.1) is 12.7 Å². The number of furan rings is 1. The number of halogens is 1. The number of carbonyl (C=O) groups is 1. The van der Waals surface area contributed by atoms with Crippen LogP contribution in [0.15, 0.2) is 28.9 Å². The van der Waals surface area contributed by atoms with E-state index in [1.165, 1.54) is 24.5 Å². The Hall–Kier alpha value is -2.74. The summed E-state index contributed by atoms with van der Waals surface area (Å²) in [7, 11) is 3.94. The monoisotopic (exact) mass is 357 g/mol. The second-order valence-corrected chi connectivity index (χ2v) is 6.91. The molecule has 26 heavy (non-hydrogen) atoms. The number of fused-ring (bicyclic) bond motifs is 2. The average Bonchev–Trinajstić information content (AvgIpc) is 3.17. The molecule has 0 radical (unpaired) electrons. The van der Waals surface area contributed by atoms with Crippen molar-refractivity contribution >= 4 is 16.9 Å². The Labute approximate surface area is 150 Å². The molecule has 8 heteroatoms. The SMILES string of the molecule is Cc1nnc2n1CC(CN(C)C)N(C(=O)c1coc3ccc(F)cc13)C2. The highest BCUT2D eigenvalue weighted by molar-refractivity contribution is 6.06. The molecule has 0 saturated carbocycles. The first-order valence-corrected chi connectivity index (χ1v) is 8.45. The smallest absolute Gasteiger partial charge is 0.258 e. The molecule has 7 nitrogen and oxygen atoms in total. The largest absolute Gasteiger partial charge is 0.463 e. The van der Waals surface area contributed by atoms with Gasteiger partial charge in [-0.2, -0.15) is 0 Å². The number of carbonyl (C=O) groups excluding carboxylic acids is 1. The number of hydrogen-bond acceptors (Lipinski definition) is 5. The fourth-order valence-electron chi connectivity index (χ4n) is 3.51. The van der Waals surface area contributed by atoms with Gasteiger partial charge in [0.1, 0.15) is 23.5 Å². The van der Waals surface area contributed by atoms with Gasteiger partial charge in [0.25, 0.3) is 5.91 Å². The van der Waals surface area contributed by atoms with Crippen LogP contribution in [0.1, 0.15) is 22.0 Å². The van der Waals surface area contributed by atoms with Gasteiger partial charge in [0, 0.05) is 18.5 Å². The lowest BCUT2D eigenvalue weighted by molar-refractivity contribution is 0.0544. The van der Waals surface area contributed by atoms with E-state index in [9.17, 15) is 9.18 Å². The molecule has 3 aromatic rings. The predicted molar refractivity (Wildman–Crippen MR) is 93.1 cm³/mol. The zero-order valence-electron chi connectivity index (χ0n) is 14.9. The quantitative estimate of drug-likeness (QED) is 0.718. The molecule has 0 aliphatic carbocycles. The van der Waals surface area contributed by atoms with Gasteiger partial charge in [0.2, 0.25) is 0 Å². The van der Waals surface area contributed by atoms with Crippen molar-refractivity contribution in [3.63, 3.8) is 0 Å². The average molecular weight is 357 g/mol. The van der Waals surface area contributed by atoms with Crippen LogP contribution >= 0.6 is 0 Å². The van der Waals surface area contributed by atoms with Crippen molar-refractivity contribution in [2.75, 3.05) is 20.6 Å². The first kappa shape index (κ1) is 16.7. The molecule has 2 aromatic heterocycles. The number of aryl methyl sites for hydroxylation is 1. The molecule has 1 aromatic carbocycles. The third-order valence-corrected chi connectivity index (χ3v) is 4.76. The van der Waals surface area contributed by atoms with Gasteiger partial charge in [-0.25, -0.2) is 4.39 Å². The van der Waals surface area contributed by atoms with Crippen LogP contribution in [0.3, 0.4) is 0 Å². The molecular weight excluding hydrogens is 337 g/mol. The molecular formula is C18H20FN5O2. The molecule has 4 rings (SSSR count). The van der Waals surface area contributed by atoms with Crippen LogP contribution < -0.4 is 0 Å². The number of nitrogens with zero attached hydrogens (tertiary/aromatic N) is 5. The van der Waals surface area contributed by atoms with Crippen molar-refractivity contribution in [2.45, 2.75) is 26.1 Å². The van der Waals surface area contributed by atoms with Gasteiger partial charge in [0.15, 0.2) is 5.82 Å². The van der Waals surface area contributed by atoms with Crippen LogP contribution in [-0.4, -0.2) is 57.2 Å². The molecule has 0 spiro atoms. The molecule has 136 valence electrons. The van der Waals surface area contributed by atoms with Crippen LogP contribution in [-0.2, 0) is 13.1 Å². The highest BCUT2D eigenvalue weighted by atomic mass is 19.1. The highest BCUT2D eigenvalue weighted by Crippen LogP contribution is 2.27. The van der Waals surface area contributed by atoms with Crippen LogP contribution in [0.25, 0.3) is 11.0 Å². The van der Waals surface area contributed by atoms with Gasteiger partial charge in [0.05, 0.1) is 18.2 Å². The molecule has 1 aliphatic heterocycles. The normalized spacial score (nSPS) is 17.1. The highest BCUT2D eigenvalue weighted by Gasteiger charge is 2.34. The van der Waals surface area contributed by atoms with Crippen molar-refractivity contribution in [3.05, 3.63) is 47.5 Å². The first-order chi connectivity index (χ1) is 12.4. The summed E-state index contributed by atoms with van der Waals surface area (Å²) in [6, 6.07) is 4.15. The summed E-state index contributed by atoms with van der Waals surface area (Å²) in [5.74, 6) is 1.01. The lowest BCUT2D eigenvalue weighted by Gasteiger charge is -2.37. The summed E-state index contributed by atoms with van der Waals surface area (Å²) in [6.45, 7) is 3.60. The minimum absolute atomic E-state index is 0.0433. The van der Waals surface area contributed by atoms with E-state index >= 15 is 0 Å². The summed E-state index contributed by atoms with van der Waals surface area (Å²) < 4.78 is 21.1. The van der Waals surface area contributed by atoms with Crippen LogP contribution in [0.2, 0.25) is 0 Å². The van der Waals surface area contributed by atoms with E-state index in [0.717, 1.165) is 11.6 Å². The molecule has 1 aliphatic rings. The second-order valence-electron chi connectivity index (χ2n) is 6.91. The maximum atomic E-state index is 13.7. The number of benzene rings is 1. The van der Waals surface area contributed by atoms with E-state index in [1.54, 1.807) is 4.90 Å². The zero-order chi connectivity index (χ0) is 18.4. The van der Waals surface area contributed by atoms with Gasteiger partial charge in [-0.05, 0) is 39.2 Å². The number of aromatic nitrogens is 3. The molecule has 0 bridgehead atoms. The minimum atomic E-state index is -0.396.